The molecule has 3 aromatic rings. The van der Waals surface area contributed by atoms with Gasteiger partial charge in [0.1, 0.15) is 29.8 Å². The van der Waals surface area contributed by atoms with Crippen molar-refractivity contribution in [3.8, 4) is 11.3 Å². The number of halogens is 4. The summed E-state index contributed by atoms with van der Waals surface area (Å²) in [5, 5.41) is 25.4. The van der Waals surface area contributed by atoms with Crippen LogP contribution >= 0.6 is 23.4 Å². The standard InChI is InChI=1S/C21H19ClF3N3O4S/c1-31-20-18(28-3-2-15(27-28)10-4-13(23)17(25)14(24)5-10)19(30)16(9-29)32-21(20)33-12-6-11(22)7-26-8-12/h2-8,16,18-21,29-30H,9H2,1H3/t16?,18-,19-,20?,21+/m0/s1. The zero-order valence-electron chi connectivity index (χ0n) is 17.1. The third-order valence-corrected chi connectivity index (χ3v) is 6.54. The SMILES string of the molecule is COC1[C@@H](Sc2cncc(Cl)c2)OC(CO)[C@H](O)[C@@H]1n1ccc(-c2cc(F)c(F)c(F)c2)n1. The van der Waals surface area contributed by atoms with Gasteiger partial charge in [-0.15, -0.1) is 0 Å². The Balaban J connectivity index is 1.67. The van der Waals surface area contributed by atoms with E-state index in [2.05, 4.69) is 10.1 Å². The fourth-order valence-electron chi connectivity index (χ4n) is 3.66. The van der Waals surface area contributed by atoms with Crippen molar-refractivity contribution in [1.29, 1.82) is 0 Å². The maximum Gasteiger partial charge on any atom is 0.194 e. The highest BCUT2D eigenvalue weighted by Crippen LogP contribution is 2.40. The van der Waals surface area contributed by atoms with E-state index in [4.69, 9.17) is 21.1 Å². The monoisotopic (exact) mass is 501 g/mol. The lowest BCUT2D eigenvalue weighted by Crippen LogP contribution is -2.55. The van der Waals surface area contributed by atoms with Gasteiger partial charge in [0.15, 0.2) is 17.5 Å². The lowest BCUT2D eigenvalue weighted by Gasteiger charge is -2.43. The molecule has 33 heavy (non-hydrogen) atoms. The summed E-state index contributed by atoms with van der Waals surface area (Å²) in [6.45, 7) is -0.471. The van der Waals surface area contributed by atoms with Crippen LogP contribution in [0.25, 0.3) is 11.3 Å². The molecule has 1 fully saturated rings. The Hall–Kier alpha value is -2.15. The summed E-state index contributed by atoms with van der Waals surface area (Å²) in [6, 6.07) is 4.00. The first kappa shape index (κ1) is 24.0. The Kier molecular flexibility index (Phi) is 7.27. The van der Waals surface area contributed by atoms with Gasteiger partial charge < -0.3 is 19.7 Å². The average molecular weight is 502 g/mol. The number of aromatic nitrogens is 3. The third kappa shape index (κ3) is 4.88. The number of hydrogen-bond donors (Lipinski definition) is 2. The van der Waals surface area contributed by atoms with Gasteiger partial charge in [0.2, 0.25) is 0 Å². The van der Waals surface area contributed by atoms with Crippen molar-refractivity contribution in [3.63, 3.8) is 0 Å². The fourth-order valence-corrected chi connectivity index (χ4v) is 5.09. The molecule has 0 spiro atoms. The molecule has 1 aliphatic rings. The van der Waals surface area contributed by atoms with Crippen molar-refractivity contribution in [2.24, 2.45) is 0 Å². The van der Waals surface area contributed by atoms with Crippen LogP contribution in [-0.2, 0) is 9.47 Å². The minimum absolute atomic E-state index is 0.0234. The van der Waals surface area contributed by atoms with E-state index in [0.29, 0.717) is 9.92 Å². The molecule has 1 aromatic carbocycles. The average Bonchev–Trinajstić information content (AvgIpc) is 3.27. The van der Waals surface area contributed by atoms with Crippen molar-refractivity contribution in [2.75, 3.05) is 13.7 Å². The quantitative estimate of drug-likeness (QED) is 0.500. The second-order valence-electron chi connectivity index (χ2n) is 7.30. The highest BCUT2D eigenvalue weighted by molar-refractivity contribution is 7.99. The van der Waals surface area contributed by atoms with Gasteiger partial charge in [-0.05, 0) is 24.3 Å². The van der Waals surface area contributed by atoms with E-state index < -0.39 is 53.8 Å². The van der Waals surface area contributed by atoms with E-state index in [1.807, 2.05) is 0 Å². The predicted molar refractivity (Wildman–Crippen MR) is 114 cm³/mol. The number of rotatable bonds is 6. The van der Waals surface area contributed by atoms with Crippen LogP contribution < -0.4 is 0 Å². The van der Waals surface area contributed by atoms with Crippen LogP contribution in [0, 0.1) is 17.5 Å². The summed E-state index contributed by atoms with van der Waals surface area (Å²) in [5.41, 5.74) is -0.505. The Bertz CT molecular complexity index is 1110. The Morgan fingerprint density at radius 2 is 1.94 bits per heavy atom. The second-order valence-corrected chi connectivity index (χ2v) is 8.91. The molecule has 2 unspecified atom stereocenters. The van der Waals surface area contributed by atoms with Gasteiger partial charge in [-0.1, -0.05) is 23.4 Å². The van der Waals surface area contributed by atoms with E-state index in [-0.39, 0.29) is 11.3 Å². The van der Waals surface area contributed by atoms with Crippen molar-refractivity contribution in [1.82, 2.24) is 14.8 Å². The fraction of sp³-hybridized carbons (Fsp3) is 0.333. The van der Waals surface area contributed by atoms with Crippen LogP contribution in [0.5, 0.6) is 0 Å². The first-order valence-electron chi connectivity index (χ1n) is 9.76. The first-order chi connectivity index (χ1) is 15.8. The zero-order chi connectivity index (χ0) is 23.7. The molecule has 2 N–H and O–H groups in total. The second kappa shape index (κ2) is 10.00. The molecule has 12 heteroatoms. The molecule has 4 rings (SSSR count). The van der Waals surface area contributed by atoms with Crippen LogP contribution in [0.2, 0.25) is 5.02 Å². The van der Waals surface area contributed by atoms with Gasteiger partial charge in [-0.2, -0.15) is 5.10 Å². The van der Waals surface area contributed by atoms with E-state index >= 15 is 0 Å². The summed E-state index contributed by atoms with van der Waals surface area (Å²) in [7, 11) is 1.44. The van der Waals surface area contributed by atoms with Crippen LogP contribution in [0.1, 0.15) is 6.04 Å². The molecule has 1 aliphatic heterocycles. The van der Waals surface area contributed by atoms with Gasteiger partial charge in [-0.25, -0.2) is 13.2 Å². The minimum atomic E-state index is -1.57. The zero-order valence-corrected chi connectivity index (χ0v) is 18.7. The Morgan fingerprint density at radius 3 is 2.58 bits per heavy atom. The molecule has 0 aliphatic carbocycles. The summed E-state index contributed by atoms with van der Waals surface area (Å²) in [6.07, 6.45) is 1.64. The van der Waals surface area contributed by atoms with Gasteiger partial charge in [-0.3, -0.25) is 9.67 Å². The van der Waals surface area contributed by atoms with Gasteiger partial charge in [0.25, 0.3) is 0 Å². The van der Waals surface area contributed by atoms with Gasteiger partial charge in [0.05, 0.1) is 17.3 Å². The number of pyridine rings is 1. The number of aliphatic hydroxyl groups is 2. The van der Waals surface area contributed by atoms with Crippen LogP contribution in [-0.4, -0.2) is 62.4 Å². The number of benzene rings is 1. The summed E-state index contributed by atoms with van der Waals surface area (Å²) < 4.78 is 53.6. The highest BCUT2D eigenvalue weighted by Gasteiger charge is 2.47. The third-order valence-electron chi connectivity index (χ3n) is 5.22. The van der Waals surface area contributed by atoms with Crippen molar-refractivity contribution < 1.29 is 32.9 Å². The van der Waals surface area contributed by atoms with E-state index in [1.54, 1.807) is 12.3 Å². The lowest BCUT2D eigenvalue weighted by molar-refractivity contribution is -0.186. The summed E-state index contributed by atoms with van der Waals surface area (Å²) >= 11 is 7.25. The molecule has 0 radical (unpaired) electrons. The minimum Gasteiger partial charge on any atom is -0.394 e. The summed E-state index contributed by atoms with van der Waals surface area (Å²) in [4.78, 5) is 4.72. The largest absolute Gasteiger partial charge is 0.394 e. The number of methoxy groups -OCH3 is 1. The normalized spacial score (nSPS) is 25.4. The molecular formula is C21H19ClF3N3O4S. The topological polar surface area (TPSA) is 89.6 Å². The predicted octanol–water partition coefficient (Wildman–Crippen LogP) is 3.44. The lowest BCUT2D eigenvalue weighted by atomic mass is 9.97. The first-order valence-corrected chi connectivity index (χ1v) is 11.0. The molecule has 2 aromatic heterocycles. The molecular weight excluding hydrogens is 483 g/mol. The maximum atomic E-state index is 13.7. The smallest absolute Gasteiger partial charge is 0.194 e. The molecule has 0 bridgehead atoms. The number of hydrogen-bond acceptors (Lipinski definition) is 7. The van der Waals surface area contributed by atoms with Gasteiger partial charge in [0, 0.05) is 36.2 Å². The van der Waals surface area contributed by atoms with E-state index in [9.17, 15) is 23.4 Å². The molecule has 0 amide bonds. The molecule has 1 saturated heterocycles. The van der Waals surface area contributed by atoms with E-state index in [0.717, 1.165) is 12.1 Å². The van der Waals surface area contributed by atoms with Crippen LogP contribution in [0.4, 0.5) is 13.2 Å². The molecule has 176 valence electrons. The Morgan fingerprint density at radius 1 is 1.21 bits per heavy atom. The molecule has 3 heterocycles. The summed E-state index contributed by atoms with van der Waals surface area (Å²) in [5.74, 6) is -4.25. The van der Waals surface area contributed by atoms with Crippen LogP contribution in [0.3, 0.4) is 0 Å². The molecule has 0 saturated carbocycles. The van der Waals surface area contributed by atoms with Gasteiger partial charge >= 0.3 is 0 Å². The van der Waals surface area contributed by atoms with Crippen molar-refractivity contribution >= 4 is 23.4 Å². The van der Waals surface area contributed by atoms with Crippen molar-refractivity contribution in [3.05, 3.63) is 65.3 Å². The maximum absolute atomic E-state index is 13.7. The number of nitrogens with zero attached hydrogens (tertiary/aromatic N) is 3. The number of aliphatic hydroxyl groups excluding tert-OH is 2. The van der Waals surface area contributed by atoms with E-state index in [1.165, 1.54) is 42.0 Å². The molecule has 5 atom stereocenters. The number of ether oxygens (including phenoxy) is 2. The number of thioether (sulfide) groups is 1. The molecule has 7 nitrogen and oxygen atoms in total. The van der Waals surface area contributed by atoms with Crippen molar-refractivity contribution in [2.45, 2.75) is 34.7 Å². The highest BCUT2D eigenvalue weighted by atomic mass is 35.5. The Labute approximate surface area is 196 Å². The van der Waals surface area contributed by atoms with Crippen LogP contribution in [0.15, 0.2) is 47.8 Å².